The second-order valence-electron chi connectivity index (χ2n) is 8.82. The van der Waals surface area contributed by atoms with Gasteiger partial charge in [0.05, 0.1) is 30.7 Å². The molecule has 18 heteroatoms. The van der Waals surface area contributed by atoms with Crippen molar-refractivity contribution in [3.05, 3.63) is 42.1 Å². The van der Waals surface area contributed by atoms with Gasteiger partial charge in [-0.25, -0.2) is 19.4 Å². The summed E-state index contributed by atoms with van der Waals surface area (Å²) >= 11 is 0.801. The lowest BCUT2D eigenvalue weighted by Crippen LogP contribution is -2.45. The van der Waals surface area contributed by atoms with Gasteiger partial charge in [0.25, 0.3) is 0 Å². The van der Waals surface area contributed by atoms with Gasteiger partial charge in [0.2, 0.25) is 0 Å². The van der Waals surface area contributed by atoms with Gasteiger partial charge in [-0.1, -0.05) is 17.0 Å². The van der Waals surface area contributed by atoms with Gasteiger partial charge in [0.1, 0.15) is 10.8 Å². The van der Waals surface area contributed by atoms with Gasteiger partial charge >= 0.3 is 18.3 Å². The number of carbonyl (C=O) groups is 1. The quantitative estimate of drug-likeness (QED) is 0.392. The Balaban J connectivity index is 0.000000448. The third-order valence-electron chi connectivity index (χ3n) is 6.41. The lowest BCUT2D eigenvalue weighted by atomic mass is 9.74. The largest absolute Gasteiger partial charge is 0.490 e. The lowest BCUT2D eigenvalue weighted by molar-refractivity contribution is -0.192. The number of aromatic nitrogens is 6. The highest BCUT2D eigenvalue weighted by atomic mass is 32.2. The molecule has 0 bridgehead atoms. The topological polar surface area (TPSA) is 162 Å². The number of hydrogen-bond donors (Lipinski definition) is 3. The standard InChI is InChI=1S/C19H20F3N9S.C2HF3O2/c20-19(21,22)15-12(2-1-5-25-15)32-17-16(24)28-13(9-26-17)30-6-3-18(4-7-30)10-31-11(14(18)23)8-27-29-31;3-2(4,5)1(6)7/h1-2,5,8-9,14H,3-4,6-7,10,23H2,(H2,24,28);(H,6,7)/t14-;/m1./s1. The zero-order chi connectivity index (χ0) is 28.6. The van der Waals surface area contributed by atoms with Crippen molar-refractivity contribution in [3.63, 3.8) is 0 Å². The van der Waals surface area contributed by atoms with Crippen LogP contribution in [-0.4, -0.2) is 60.3 Å². The molecule has 1 saturated heterocycles. The Morgan fingerprint density at radius 1 is 1.13 bits per heavy atom. The fraction of sp³-hybridized carbons (Fsp3) is 0.429. The van der Waals surface area contributed by atoms with Gasteiger partial charge in [-0.2, -0.15) is 26.3 Å². The van der Waals surface area contributed by atoms with Gasteiger partial charge in [0, 0.05) is 29.6 Å². The van der Waals surface area contributed by atoms with E-state index < -0.39 is 24.0 Å². The minimum absolute atomic E-state index is 0.0646. The highest BCUT2D eigenvalue weighted by Crippen LogP contribution is 2.47. The summed E-state index contributed by atoms with van der Waals surface area (Å²) in [5, 5.41) is 15.4. The zero-order valence-corrected chi connectivity index (χ0v) is 20.6. The lowest BCUT2D eigenvalue weighted by Gasteiger charge is -2.41. The summed E-state index contributed by atoms with van der Waals surface area (Å²) in [5.74, 6) is -2.09. The van der Waals surface area contributed by atoms with E-state index >= 15 is 0 Å². The van der Waals surface area contributed by atoms with E-state index in [1.165, 1.54) is 12.1 Å². The Bertz CT molecular complexity index is 1340. The van der Waals surface area contributed by atoms with Crippen molar-refractivity contribution in [2.45, 2.75) is 47.7 Å². The van der Waals surface area contributed by atoms with E-state index in [2.05, 4.69) is 30.2 Å². The van der Waals surface area contributed by atoms with Crippen LogP contribution in [0.1, 0.15) is 30.3 Å². The summed E-state index contributed by atoms with van der Waals surface area (Å²) in [6.45, 7) is 2.17. The smallest absolute Gasteiger partial charge is 0.475 e. The van der Waals surface area contributed by atoms with Crippen molar-refractivity contribution in [3.8, 4) is 0 Å². The van der Waals surface area contributed by atoms with Crippen LogP contribution in [0.25, 0.3) is 0 Å². The summed E-state index contributed by atoms with van der Waals surface area (Å²) in [7, 11) is 0. The molecule has 210 valence electrons. The van der Waals surface area contributed by atoms with Gasteiger partial charge in [-0.3, -0.25) is 4.98 Å². The Hall–Kier alpha value is -3.67. The van der Waals surface area contributed by atoms with Crippen molar-refractivity contribution in [1.82, 2.24) is 29.9 Å². The number of anilines is 2. The fourth-order valence-corrected chi connectivity index (χ4v) is 5.27. The molecule has 0 saturated carbocycles. The molecule has 2 aliphatic heterocycles. The molecule has 1 spiro atoms. The van der Waals surface area contributed by atoms with Crippen LogP contribution < -0.4 is 16.4 Å². The van der Waals surface area contributed by atoms with Crippen molar-refractivity contribution in [2.24, 2.45) is 11.1 Å². The molecular formula is C21H21F6N9O2S. The fourth-order valence-electron chi connectivity index (χ4n) is 4.39. The van der Waals surface area contributed by atoms with Gasteiger partial charge in [-0.15, -0.1) is 5.10 Å². The molecule has 11 nitrogen and oxygen atoms in total. The predicted octanol–water partition coefficient (Wildman–Crippen LogP) is 3.15. The zero-order valence-electron chi connectivity index (χ0n) is 19.8. The number of nitrogens with zero attached hydrogens (tertiary/aromatic N) is 7. The van der Waals surface area contributed by atoms with Crippen LogP contribution in [0.3, 0.4) is 0 Å². The van der Waals surface area contributed by atoms with Crippen molar-refractivity contribution in [2.75, 3.05) is 23.7 Å². The maximum absolute atomic E-state index is 13.2. The first kappa shape index (κ1) is 28.3. The van der Waals surface area contributed by atoms with Crippen LogP contribution in [0, 0.1) is 5.41 Å². The number of piperidine rings is 1. The van der Waals surface area contributed by atoms with E-state index in [-0.39, 0.29) is 27.2 Å². The van der Waals surface area contributed by atoms with E-state index in [0.717, 1.165) is 43.0 Å². The second kappa shape index (κ2) is 10.5. The minimum Gasteiger partial charge on any atom is -0.475 e. The van der Waals surface area contributed by atoms with Crippen LogP contribution >= 0.6 is 11.8 Å². The number of carboxylic acids is 1. The average molecular weight is 578 g/mol. The number of halogens is 6. The molecule has 3 aromatic rings. The molecule has 1 fully saturated rings. The molecule has 5 N–H and O–H groups in total. The monoisotopic (exact) mass is 577 g/mol. The number of nitrogens with two attached hydrogens (primary N) is 2. The van der Waals surface area contributed by atoms with Gasteiger partial charge in [-0.05, 0) is 25.0 Å². The molecular weight excluding hydrogens is 556 g/mol. The van der Waals surface area contributed by atoms with E-state index in [1.807, 2.05) is 4.68 Å². The molecule has 5 rings (SSSR count). The van der Waals surface area contributed by atoms with E-state index in [4.69, 9.17) is 21.4 Å². The first-order chi connectivity index (χ1) is 18.2. The molecule has 1 atom stereocenters. The average Bonchev–Trinajstić information content (AvgIpc) is 3.41. The Kier molecular flexibility index (Phi) is 7.61. The second-order valence-corrected chi connectivity index (χ2v) is 9.85. The van der Waals surface area contributed by atoms with E-state index in [0.29, 0.717) is 18.9 Å². The molecule has 0 aliphatic carbocycles. The first-order valence-electron chi connectivity index (χ1n) is 11.2. The first-order valence-corrected chi connectivity index (χ1v) is 12.0. The number of fused-ring (bicyclic) bond motifs is 1. The maximum atomic E-state index is 13.2. The van der Waals surface area contributed by atoms with Crippen molar-refractivity contribution >= 4 is 29.4 Å². The van der Waals surface area contributed by atoms with Crippen molar-refractivity contribution < 1.29 is 36.2 Å². The number of rotatable bonds is 3. The number of carboxylic acid groups (broad SMARTS) is 1. The predicted molar refractivity (Wildman–Crippen MR) is 124 cm³/mol. The number of hydrogen-bond acceptors (Lipinski definition) is 10. The molecule has 2 aliphatic rings. The van der Waals surface area contributed by atoms with Crippen LogP contribution in [0.4, 0.5) is 38.0 Å². The van der Waals surface area contributed by atoms with Crippen LogP contribution in [-0.2, 0) is 17.5 Å². The highest BCUT2D eigenvalue weighted by molar-refractivity contribution is 7.99. The molecule has 0 amide bonds. The molecule has 3 aromatic heterocycles. The van der Waals surface area contributed by atoms with Gasteiger partial charge < -0.3 is 21.5 Å². The minimum atomic E-state index is -5.08. The summed E-state index contributed by atoms with van der Waals surface area (Å²) in [6, 6.07) is 2.66. The number of aliphatic carboxylic acids is 1. The third-order valence-corrected chi connectivity index (χ3v) is 7.47. The highest BCUT2D eigenvalue weighted by Gasteiger charge is 2.47. The van der Waals surface area contributed by atoms with Crippen LogP contribution in [0.15, 0.2) is 40.6 Å². The normalized spacial score (nSPS) is 18.4. The van der Waals surface area contributed by atoms with Crippen molar-refractivity contribution in [1.29, 1.82) is 0 Å². The van der Waals surface area contributed by atoms with E-state index in [9.17, 15) is 26.3 Å². The molecule has 0 unspecified atom stereocenters. The molecule has 0 aromatic carbocycles. The number of nitrogen functional groups attached to an aromatic ring is 1. The summed E-state index contributed by atoms with van der Waals surface area (Å²) in [4.78, 5) is 23.0. The Morgan fingerprint density at radius 3 is 2.36 bits per heavy atom. The van der Waals surface area contributed by atoms with Crippen LogP contribution in [0.5, 0.6) is 0 Å². The molecule has 0 radical (unpaired) electrons. The Morgan fingerprint density at radius 2 is 1.79 bits per heavy atom. The Labute approximate surface area is 220 Å². The van der Waals surface area contributed by atoms with Crippen LogP contribution in [0.2, 0.25) is 0 Å². The van der Waals surface area contributed by atoms with Gasteiger partial charge in [0.15, 0.2) is 11.5 Å². The number of pyridine rings is 1. The van der Waals surface area contributed by atoms with E-state index in [1.54, 1.807) is 12.4 Å². The summed E-state index contributed by atoms with van der Waals surface area (Å²) in [6.07, 6.45) is -3.58. The maximum Gasteiger partial charge on any atom is 0.490 e. The summed E-state index contributed by atoms with van der Waals surface area (Å²) < 4.78 is 73.2. The number of alkyl halides is 6. The SMILES string of the molecule is Nc1nc(N2CCC3(CC2)Cn2nncc2[C@H]3N)cnc1Sc1cccnc1C(F)(F)F.O=C(O)C(F)(F)F. The molecule has 39 heavy (non-hydrogen) atoms. The molecule has 5 heterocycles. The summed E-state index contributed by atoms with van der Waals surface area (Å²) in [5.41, 5.74) is 12.5. The third kappa shape index (κ3) is 6.00.